The quantitative estimate of drug-likeness (QED) is 0.476. The van der Waals surface area contributed by atoms with Crippen molar-refractivity contribution < 1.29 is 10.2 Å². The van der Waals surface area contributed by atoms with Gasteiger partial charge in [-0.15, -0.1) is 0 Å². The van der Waals surface area contributed by atoms with Gasteiger partial charge in [-0.3, -0.25) is 0 Å². The van der Waals surface area contributed by atoms with Crippen LogP contribution >= 0.6 is 0 Å². The SMILES string of the molecule is CNc1cc(O)c2ccccc2c1O. The summed E-state index contributed by atoms with van der Waals surface area (Å²) in [6.45, 7) is 0. The Bertz CT molecular complexity index is 480. The molecule has 0 bridgehead atoms. The number of anilines is 1. The fourth-order valence-corrected chi connectivity index (χ4v) is 1.53. The predicted octanol–water partition coefficient (Wildman–Crippen LogP) is 2.29. The van der Waals surface area contributed by atoms with Gasteiger partial charge in [0.25, 0.3) is 0 Å². The fraction of sp³-hybridized carbons (Fsp3) is 0.0909. The normalized spacial score (nSPS) is 10.4. The molecule has 0 unspecified atom stereocenters. The molecule has 0 aliphatic carbocycles. The lowest BCUT2D eigenvalue weighted by Crippen LogP contribution is -1.89. The topological polar surface area (TPSA) is 52.5 Å². The number of rotatable bonds is 1. The number of hydrogen-bond donors (Lipinski definition) is 3. The highest BCUT2D eigenvalue weighted by molar-refractivity contribution is 5.97. The van der Waals surface area contributed by atoms with Gasteiger partial charge < -0.3 is 15.5 Å². The van der Waals surface area contributed by atoms with Gasteiger partial charge in [-0.2, -0.15) is 0 Å². The number of fused-ring (bicyclic) bond motifs is 1. The van der Waals surface area contributed by atoms with Crippen molar-refractivity contribution in [3.8, 4) is 11.5 Å². The third-order valence-corrected chi connectivity index (χ3v) is 2.26. The summed E-state index contributed by atoms with van der Waals surface area (Å²) < 4.78 is 0. The summed E-state index contributed by atoms with van der Waals surface area (Å²) in [5.41, 5.74) is 0.529. The van der Waals surface area contributed by atoms with Gasteiger partial charge in [0.15, 0.2) is 0 Å². The number of aromatic hydroxyl groups is 2. The molecule has 0 heterocycles. The van der Waals surface area contributed by atoms with Crippen LogP contribution in [0.4, 0.5) is 5.69 Å². The molecule has 0 radical (unpaired) electrons. The molecule has 0 aliphatic heterocycles. The molecule has 0 atom stereocenters. The molecular formula is C11H11NO2. The minimum atomic E-state index is 0.168. The van der Waals surface area contributed by atoms with Gasteiger partial charge in [-0.1, -0.05) is 24.3 Å². The van der Waals surface area contributed by atoms with Crippen LogP contribution in [-0.2, 0) is 0 Å². The third kappa shape index (κ3) is 1.14. The molecule has 0 aliphatic rings. The maximum Gasteiger partial charge on any atom is 0.146 e. The Morgan fingerprint density at radius 2 is 1.71 bits per heavy atom. The van der Waals surface area contributed by atoms with Crippen molar-refractivity contribution in [1.82, 2.24) is 0 Å². The molecule has 0 spiro atoms. The van der Waals surface area contributed by atoms with E-state index in [1.807, 2.05) is 12.1 Å². The lowest BCUT2D eigenvalue weighted by Gasteiger charge is -2.08. The summed E-state index contributed by atoms with van der Waals surface area (Å²) in [7, 11) is 1.70. The lowest BCUT2D eigenvalue weighted by atomic mass is 10.1. The molecule has 3 nitrogen and oxygen atoms in total. The molecule has 3 N–H and O–H groups in total. The van der Waals surface area contributed by atoms with E-state index in [2.05, 4.69) is 5.32 Å². The van der Waals surface area contributed by atoms with Crippen LogP contribution in [0, 0.1) is 0 Å². The molecule has 0 saturated heterocycles. The molecule has 0 aromatic heterocycles. The summed E-state index contributed by atoms with van der Waals surface area (Å²) in [6.07, 6.45) is 0. The van der Waals surface area contributed by atoms with Gasteiger partial charge in [-0.05, 0) is 0 Å². The van der Waals surface area contributed by atoms with Gasteiger partial charge >= 0.3 is 0 Å². The maximum atomic E-state index is 9.80. The average molecular weight is 189 g/mol. The Morgan fingerprint density at radius 3 is 2.36 bits per heavy atom. The van der Waals surface area contributed by atoms with Crippen molar-refractivity contribution in [2.45, 2.75) is 0 Å². The number of phenols is 2. The molecule has 72 valence electrons. The van der Waals surface area contributed by atoms with E-state index in [-0.39, 0.29) is 11.5 Å². The van der Waals surface area contributed by atoms with Crippen molar-refractivity contribution in [2.75, 3.05) is 12.4 Å². The molecule has 14 heavy (non-hydrogen) atoms. The Kier molecular flexibility index (Phi) is 1.93. The minimum absolute atomic E-state index is 0.168. The van der Waals surface area contributed by atoms with E-state index in [0.717, 1.165) is 0 Å². The van der Waals surface area contributed by atoms with Crippen molar-refractivity contribution >= 4 is 16.5 Å². The largest absolute Gasteiger partial charge is 0.507 e. The summed E-state index contributed by atoms with van der Waals surface area (Å²) in [5.74, 6) is 0.337. The van der Waals surface area contributed by atoms with Crippen LogP contribution < -0.4 is 5.32 Å². The van der Waals surface area contributed by atoms with E-state index in [1.54, 1.807) is 19.2 Å². The van der Waals surface area contributed by atoms with Crippen molar-refractivity contribution in [3.05, 3.63) is 30.3 Å². The Labute approximate surface area is 81.6 Å². The van der Waals surface area contributed by atoms with E-state index in [4.69, 9.17) is 0 Å². The van der Waals surface area contributed by atoms with E-state index in [0.29, 0.717) is 16.5 Å². The first kappa shape index (κ1) is 8.69. The standard InChI is InChI=1S/C11H11NO2/c1-12-9-6-10(13)7-4-2-3-5-8(7)11(9)14/h2-6,12-14H,1H3. The maximum absolute atomic E-state index is 9.80. The highest BCUT2D eigenvalue weighted by Gasteiger charge is 2.08. The van der Waals surface area contributed by atoms with Gasteiger partial charge in [0.2, 0.25) is 0 Å². The van der Waals surface area contributed by atoms with Crippen molar-refractivity contribution in [1.29, 1.82) is 0 Å². The summed E-state index contributed by atoms with van der Waals surface area (Å²) >= 11 is 0. The monoisotopic (exact) mass is 189 g/mol. The van der Waals surface area contributed by atoms with Gasteiger partial charge in [0.1, 0.15) is 11.5 Å². The Balaban J connectivity index is 2.87. The van der Waals surface area contributed by atoms with E-state index < -0.39 is 0 Å². The zero-order valence-electron chi connectivity index (χ0n) is 7.78. The zero-order chi connectivity index (χ0) is 10.1. The minimum Gasteiger partial charge on any atom is -0.507 e. The lowest BCUT2D eigenvalue weighted by molar-refractivity contribution is 0.471. The van der Waals surface area contributed by atoms with Crippen molar-refractivity contribution in [2.24, 2.45) is 0 Å². The first-order valence-corrected chi connectivity index (χ1v) is 4.35. The second kappa shape index (κ2) is 3.10. The molecule has 0 fully saturated rings. The summed E-state index contributed by atoms with van der Waals surface area (Å²) in [6, 6.07) is 8.69. The summed E-state index contributed by atoms with van der Waals surface area (Å²) in [5, 5.41) is 23.6. The van der Waals surface area contributed by atoms with Crippen LogP contribution in [0.5, 0.6) is 11.5 Å². The smallest absolute Gasteiger partial charge is 0.146 e. The highest BCUT2D eigenvalue weighted by Crippen LogP contribution is 2.37. The number of nitrogens with one attached hydrogen (secondary N) is 1. The first-order chi connectivity index (χ1) is 6.74. The molecule has 0 amide bonds. The second-order valence-electron chi connectivity index (χ2n) is 3.09. The second-order valence-corrected chi connectivity index (χ2v) is 3.09. The Hall–Kier alpha value is -1.90. The van der Waals surface area contributed by atoms with Crippen LogP contribution in [0.2, 0.25) is 0 Å². The number of benzene rings is 2. The highest BCUT2D eigenvalue weighted by atomic mass is 16.3. The van der Waals surface area contributed by atoms with Crippen molar-refractivity contribution in [3.63, 3.8) is 0 Å². The molecule has 3 heteroatoms. The molecule has 2 rings (SSSR count). The van der Waals surface area contributed by atoms with Crippen LogP contribution in [0.15, 0.2) is 30.3 Å². The molecule has 2 aromatic carbocycles. The average Bonchev–Trinajstić information content (AvgIpc) is 2.23. The van der Waals surface area contributed by atoms with Gasteiger partial charge in [0, 0.05) is 23.9 Å². The van der Waals surface area contributed by atoms with E-state index in [9.17, 15) is 10.2 Å². The zero-order valence-corrected chi connectivity index (χ0v) is 7.78. The van der Waals surface area contributed by atoms with Gasteiger partial charge in [0.05, 0.1) is 5.69 Å². The fourth-order valence-electron chi connectivity index (χ4n) is 1.53. The third-order valence-electron chi connectivity index (χ3n) is 2.26. The molecule has 0 saturated carbocycles. The Morgan fingerprint density at radius 1 is 1.07 bits per heavy atom. The predicted molar refractivity (Wildman–Crippen MR) is 56.8 cm³/mol. The van der Waals surface area contributed by atoms with Crippen LogP contribution in [-0.4, -0.2) is 17.3 Å². The van der Waals surface area contributed by atoms with E-state index >= 15 is 0 Å². The van der Waals surface area contributed by atoms with Crippen LogP contribution in [0.25, 0.3) is 10.8 Å². The van der Waals surface area contributed by atoms with Gasteiger partial charge in [-0.25, -0.2) is 0 Å². The van der Waals surface area contributed by atoms with Crippen LogP contribution in [0.1, 0.15) is 0 Å². The van der Waals surface area contributed by atoms with Crippen LogP contribution in [0.3, 0.4) is 0 Å². The van der Waals surface area contributed by atoms with E-state index in [1.165, 1.54) is 6.07 Å². The molecular weight excluding hydrogens is 178 g/mol. The number of phenolic OH excluding ortho intramolecular Hbond substituents is 2. The first-order valence-electron chi connectivity index (χ1n) is 4.35. The number of hydrogen-bond acceptors (Lipinski definition) is 3. The summed E-state index contributed by atoms with van der Waals surface area (Å²) in [4.78, 5) is 0. The molecule has 2 aromatic rings.